The van der Waals surface area contributed by atoms with E-state index in [0.29, 0.717) is 6.54 Å². The molecule has 2 aliphatic rings. The van der Waals surface area contributed by atoms with Crippen LogP contribution in [0, 0.1) is 11.8 Å². The highest BCUT2D eigenvalue weighted by Crippen LogP contribution is 2.20. The lowest BCUT2D eigenvalue weighted by atomic mass is 9.96. The van der Waals surface area contributed by atoms with Crippen LogP contribution in [-0.4, -0.2) is 41.9 Å². The van der Waals surface area contributed by atoms with Crippen LogP contribution in [0.4, 0.5) is 0 Å². The highest BCUT2D eigenvalue weighted by atomic mass is 16.1. The van der Waals surface area contributed by atoms with Gasteiger partial charge in [0, 0.05) is 32.7 Å². The number of carbonyl (C=O) groups excluding carboxylic acids is 1. The van der Waals surface area contributed by atoms with E-state index in [9.17, 15) is 4.79 Å². The first kappa shape index (κ1) is 22.0. The van der Waals surface area contributed by atoms with Crippen molar-refractivity contribution in [3.63, 3.8) is 0 Å². The van der Waals surface area contributed by atoms with Crippen molar-refractivity contribution in [1.29, 1.82) is 0 Å². The molecule has 0 aromatic heterocycles. The first-order valence-electron chi connectivity index (χ1n) is 12.0. The van der Waals surface area contributed by atoms with Crippen molar-refractivity contribution in [2.75, 3.05) is 26.2 Å². The fourth-order valence-electron chi connectivity index (χ4n) is 5.11. The second-order valence-electron chi connectivity index (χ2n) is 9.58. The molecular formula is C27H37N3O. The Morgan fingerprint density at radius 1 is 0.871 bits per heavy atom. The predicted octanol–water partition coefficient (Wildman–Crippen LogP) is 4.45. The molecule has 4 rings (SSSR count). The fraction of sp³-hybridized carbons (Fsp3) is 0.519. The quantitative estimate of drug-likeness (QED) is 0.720. The fourth-order valence-corrected chi connectivity index (χ4v) is 5.11. The average molecular weight is 420 g/mol. The van der Waals surface area contributed by atoms with Gasteiger partial charge < -0.3 is 5.32 Å². The van der Waals surface area contributed by atoms with Gasteiger partial charge in [-0.2, -0.15) is 0 Å². The molecule has 2 unspecified atom stereocenters. The molecule has 4 nitrogen and oxygen atoms in total. The van der Waals surface area contributed by atoms with Crippen LogP contribution >= 0.6 is 0 Å². The Kier molecular flexibility index (Phi) is 7.76. The summed E-state index contributed by atoms with van der Waals surface area (Å²) in [5.74, 6) is 1.09. The van der Waals surface area contributed by atoms with Crippen LogP contribution in [0.2, 0.25) is 0 Å². The zero-order valence-electron chi connectivity index (χ0n) is 18.9. The van der Waals surface area contributed by atoms with Crippen molar-refractivity contribution in [2.45, 2.75) is 52.2 Å². The summed E-state index contributed by atoms with van der Waals surface area (Å²) >= 11 is 0. The third kappa shape index (κ3) is 6.65. The maximum atomic E-state index is 12.9. The zero-order chi connectivity index (χ0) is 21.5. The Morgan fingerprint density at radius 2 is 1.55 bits per heavy atom. The van der Waals surface area contributed by atoms with E-state index in [2.05, 4.69) is 76.6 Å². The van der Waals surface area contributed by atoms with Gasteiger partial charge in [-0.05, 0) is 61.4 Å². The predicted molar refractivity (Wildman–Crippen MR) is 126 cm³/mol. The molecule has 2 fully saturated rings. The average Bonchev–Trinajstić information content (AvgIpc) is 2.79. The molecule has 2 heterocycles. The van der Waals surface area contributed by atoms with Crippen LogP contribution in [0.1, 0.15) is 49.3 Å². The number of nitrogens with one attached hydrogen (secondary N) is 1. The molecule has 0 saturated carbocycles. The van der Waals surface area contributed by atoms with E-state index in [1.165, 1.54) is 42.6 Å². The molecule has 2 saturated heterocycles. The van der Waals surface area contributed by atoms with Gasteiger partial charge in [0.05, 0.1) is 5.92 Å². The minimum absolute atomic E-state index is 0.0930. The van der Waals surface area contributed by atoms with Gasteiger partial charge >= 0.3 is 0 Å². The van der Waals surface area contributed by atoms with Crippen LogP contribution < -0.4 is 5.32 Å². The van der Waals surface area contributed by atoms with E-state index in [1.807, 2.05) is 0 Å². The van der Waals surface area contributed by atoms with E-state index >= 15 is 0 Å². The van der Waals surface area contributed by atoms with E-state index in [4.69, 9.17) is 0 Å². The molecule has 2 atom stereocenters. The first-order valence-corrected chi connectivity index (χ1v) is 12.0. The molecule has 166 valence electrons. The van der Waals surface area contributed by atoms with Gasteiger partial charge in [-0.3, -0.25) is 14.6 Å². The van der Waals surface area contributed by atoms with Gasteiger partial charge in [0.2, 0.25) is 5.91 Å². The minimum Gasteiger partial charge on any atom is -0.352 e. The molecule has 1 amide bonds. The van der Waals surface area contributed by atoms with Crippen LogP contribution in [0.5, 0.6) is 0 Å². The maximum absolute atomic E-state index is 12.9. The SMILES string of the molecule is CC1CCCN(Cc2cccc(CNC(=O)C3CCCN(Cc4ccccc4)C3)c2)C1. The standard InChI is InChI=1S/C27H37N3O/c1-22-8-6-14-29(18-22)20-25-12-5-11-24(16-25)17-28-27(31)26-13-7-15-30(21-26)19-23-9-3-2-4-10-23/h2-5,9-12,16,22,26H,6-8,13-15,17-21H2,1H3,(H,28,31). The highest BCUT2D eigenvalue weighted by molar-refractivity contribution is 5.79. The molecule has 0 spiro atoms. The number of piperidine rings is 2. The first-order chi connectivity index (χ1) is 15.2. The number of carbonyl (C=O) groups is 1. The molecule has 2 aliphatic heterocycles. The molecule has 0 radical (unpaired) electrons. The molecule has 1 N–H and O–H groups in total. The van der Waals surface area contributed by atoms with Gasteiger partial charge in [-0.1, -0.05) is 61.5 Å². The molecule has 4 heteroatoms. The lowest BCUT2D eigenvalue weighted by Crippen LogP contribution is -2.42. The van der Waals surface area contributed by atoms with Crippen molar-refractivity contribution in [2.24, 2.45) is 11.8 Å². The second kappa shape index (κ2) is 10.9. The van der Waals surface area contributed by atoms with Crippen molar-refractivity contribution in [3.8, 4) is 0 Å². The summed E-state index contributed by atoms with van der Waals surface area (Å²) in [4.78, 5) is 17.8. The van der Waals surface area contributed by atoms with Crippen LogP contribution in [0.15, 0.2) is 54.6 Å². The van der Waals surface area contributed by atoms with Crippen molar-refractivity contribution < 1.29 is 4.79 Å². The summed E-state index contributed by atoms with van der Waals surface area (Å²) in [6.07, 6.45) is 4.74. The van der Waals surface area contributed by atoms with E-state index < -0.39 is 0 Å². The minimum atomic E-state index is 0.0930. The van der Waals surface area contributed by atoms with Crippen molar-refractivity contribution >= 4 is 5.91 Å². The highest BCUT2D eigenvalue weighted by Gasteiger charge is 2.25. The van der Waals surface area contributed by atoms with E-state index in [1.54, 1.807) is 0 Å². The number of hydrogen-bond acceptors (Lipinski definition) is 3. The second-order valence-corrected chi connectivity index (χ2v) is 9.58. The lowest BCUT2D eigenvalue weighted by molar-refractivity contribution is -0.126. The molecular weight excluding hydrogens is 382 g/mol. The number of likely N-dealkylation sites (tertiary alicyclic amines) is 2. The topological polar surface area (TPSA) is 35.6 Å². The Labute approximate surface area is 187 Å². The monoisotopic (exact) mass is 419 g/mol. The Hall–Kier alpha value is -2.17. The largest absolute Gasteiger partial charge is 0.352 e. The number of nitrogens with zero attached hydrogens (tertiary/aromatic N) is 2. The summed E-state index contributed by atoms with van der Waals surface area (Å²) in [6.45, 7) is 9.26. The number of amides is 1. The van der Waals surface area contributed by atoms with Gasteiger partial charge in [0.15, 0.2) is 0 Å². The summed E-state index contributed by atoms with van der Waals surface area (Å²) in [5.41, 5.74) is 3.88. The van der Waals surface area contributed by atoms with Gasteiger partial charge in [-0.15, -0.1) is 0 Å². The molecule has 2 aromatic rings. The number of benzene rings is 2. The Balaban J connectivity index is 1.26. The van der Waals surface area contributed by atoms with Gasteiger partial charge in [0.1, 0.15) is 0 Å². The van der Waals surface area contributed by atoms with Gasteiger partial charge in [-0.25, -0.2) is 0 Å². The summed E-state index contributed by atoms with van der Waals surface area (Å²) in [7, 11) is 0. The lowest BCUT2D eigenvalue weighted by Gasteiger charge is -2.32. The summed E-state index contributed by atoms with van der Waals surface area (Å²) < 4.78 is 0. The smallest absolute Gasteiger partial charge is 0.224 e. The zero-order valence-corrected chi connectivity index (χ0v) is 18.9. The van der Waals surface area contributed by atoms with Crippen molar-refractivity contribution in [3.05, 3.63) is 71.3 Å². The Morgan fingerprint density at radius 3 is 2.35 bits per heavy atom. The van der Waals surface area contributed by atoms with Crippen LogP contribution in [-0.2, 0) is 24.4 Å². The van der Waals surface area contributed by atoms with Crippen LogP contribution in [0.25, 0.3) is 0 Å². The summed E-state index contributed by atoms with van der Waals surface area (Å²) in [6, 6.07) is 19.3. The number of rotatable bonds is 7. The summed E-state index contributed by atoms with van der Waals surface area (Å²) in [5, 5.41) is 3.21. The van der Waals surface area contributed by atoms with Gasteiger partial charge in [0.25, 0.3) is 0 Å². The third-order valence-corrected chi connectivity index (χ3v) is 6.73. The van der Waals surface area contributed by atoms with Crippen LogP contribution in [0.3, 0.4) is 0 Å². The number of hydrogen-bond donors (Lipinski definition) is 1. The third-order valence-electron chi connectivity index (χ3n) is 6.73. The normalized spacial score (nSPS) is 22.9. The molecule has 31 heavy (non-hydrogen) atoms. The van der Waals surface area contributed by atoms with E-state index in [-0.39, 0.29) is 11.8 Å². The van der Waals surface area contributed by atoms with Crippen molar-refractivity contribution in [1.82, 2.24) is 15.1 Å². The maximum Gasteiger partial charge on any atom is 0.224 e. The molecule has 0 bridgehead atoms. The van der Waals surface area contributed by atoms with E-state index in [0.717, 1.165) is 44.9 Å². The molecule has 0 aliphatic carbocycles. The Bertz CT molecular complexity index is 837. The molecule has 2 aromatic carbocycles.